The van der Waals surface area contributed by atoms with Crippen LogP contribution >= 0.6 is 0 Å². The molecule has 2 fully saturated rings. The lowest BCUT2D eigenvalue weighted by atomic mass is 10.1. The van der Waals surface area contributed by atoms with Crippen LogP contribution in [-0.4, -0.2) is 59.7 Å². The Morgan fingerprint density at radius 1 is 1.03 bits per heavy atom. The molecule has 5 aromatic rings. The molecule has 38 heavy (non-hydrogen) atoms. The molecule has 10 nitrogen and oxygen atoms in total. The lowest BCUT2D eigenvalue weighted by Gasteiger charge is -2.33. The maximum atomic E-state index is 12.6. The molecule has 1 aliphatic heterocycles. The van der Waals surface area contributed by atoms with Gasteiger partial charge in [0.1, 0.15) is 17.2 Å². The average Bonchev–Trinajstić information content (AvgIpc) is 3.56. The SMILES string of the molecule is O=C(C1CC1)N1CCC[C@@H](Nc2nccc(-n3c(-c4ccc5occc5c4)nc4cc(O)c(O)cc43)n2)C1. The molecule has 1 atom stereocenters. The number of phenolic OH excluding ortho intramolecular Hbond substituents is 2. The first-order valence-corrected chi connectivity index (χ1v) is 12.8. The van der Waals surface area contributed by atoms with E-state index in [2.05, 4.69) is 10.3 Å². The number of phenols is 2. The van der Waals surface area contributed by atoms with Gasteiger partial charge in [-0.15, -0.1) is 0 Å². The molecule has 4 heterocycles. The first-order valence-electron chi connectivity index (χ1n) is 12.8. The fourth-order valence-electron chi connectivity index (χ4n) is 5.24. The molecule has 0 unspecified atom stereocenters. The van der Waals surface area contributed by atoms with Crippen LogP contribution in [0.2, 0.25) is 0 Å². The Labute approximate surface area is 217 Å². The predicted molar refractivity (Wildman–Crippen MR) is 141 cm³/mol. The number of fused-ring (bicyclic) bond motifs is 2. The number of anilines is 1. The van der Waals surface area contributed by atoms with Gasteiger partial charge in [-0.2, -0.15) is 4.98 Å². The highest BCUT2D eigenvalue weighted by molar-refractivity contribution is 5.88. The second kappa shape index (κ2) is 8.76. The number of nitrogens with zero attached hydrogens (tertiary/aromatic N) is 5. The number of imidazole rings is 1. The molecule has 3 N–H and O–H groups in total. The Kier molecular flexibility index (Phi) is 5.20. The maximum absolute atomic E-state index is 12.6. The first kappa shape index (κ1) is 22.6. The maximum Gasteiger partial charge on any atom is 0.225 e. The van der Waals surface area contributed by atoms with Gasteiger partial charge < -0.3 is 24.8 Å². The number of amides is 1. The zero-order valence-electron chi connectivity index (χ0n) is 20.5. The number of aromatic hydroxyl groups is 2. The average molecular weight is 511 g/mol. The van der Waals surface area contributed by atoms with E-state index in [0.29, 0.717) is 35.2 Å². The molecule has 7 rings (SSSR count). The van der Waals surface area contributed by atoms with E-state index in [-0.39, 0.29) is 29.4 Å². The van der Waals surface area contributed by atoms with E-state index in [1.165, 1.54) is 12.1 Å². The quantitative estimate of drug-likeness (QED) is 0.296. The number of hydrogen-bond acceptors (Lipinski definition) is 8. The van der Waals surface area contributed by atoms with E-state index in [9.17, 15) is 15.0 Å². The van der Waals surface area contributed by atoms with Crippen LogP contribution in [0.3, 0.4) is 0 Å². The topological polar surface area (TPSA) is 130 Å². The van der Waals surface area contributed by atoms with Gasteiger partial charge in [0.15, 0.2) is 11.5 Å². The largest absolute Gasteiger partial charge is 0.504 e. The van der Waals surface area contributed by atoms with Crippen molar-refractivity contribution < 1.29 is 19.4 Å². The van der Waals surface area contributed by atoms with Gasteiger partial charge in [0, 0.05) is 54.3 Å². The van der Waals surface area contributed by atoms with Crippen molar-refractivity contribution in [1.82, 2.24) is 24.4 Å². The van der Waals surface area contributed by atoms with Gasteiger partial charge in [0.05, 0.1) is 17.3 Å². The highest BCUT2D eigenvalue weighted by Crippen LogP contribution is 2.36. The molecule has 0 spiro atoms. The van der Waals surface area contributed by atoms with Crippen molar-refractivity contribution in [2.75, 3.05) is 18.4 Å². The zero-order chi connectivity index (χ0) is 25.8. The number of piperidine rings is 1. The van der Waals surface area contributed by atoms with Gasteiger partial charge in [-0.1, -0.05) is 0 Å². The van der Waals surface area contributed by atoms with Gasteiger partial charge in [-0.25, -0.2) is 9.97 Å². The van der Waals surface area contributed by atoms with Crippen LogP contribution in [0.25, 0.3) is 39.2 Å². The van der Waals surface area contributed by atoms with Crippen LogP contribution in [0.5, 0.6) is 11.5 Å². The van der Waals surface area contributed by atoms with Gasteiger partial charge in [0.2, 0.25) is 11.9 Å². The monoisotopic (exact) mass is 510 g/mol. The van der Waals surface area contributed by atoms with Crippen LogP contribution in [-0.2, 0) is 4.79 Å². The van der Waals surface area contributed by atoms with Gasteiger partial charge in [-0.05, 0) is 56.0 Å². The Balaban J connectivity index is 1.27. The summed E-state index contributed by atoms with van der Waals surface area (Å²) in [6.07, 6.45) is 7.18. The van der Waals surface area contributed by atoms with E-state index in [1.54, 1.807) is 18.5 Å². The van der Waals surface area contributed by atoms with E-state index >= 15 is 0 Å². The van der Waals surface area contributed by atoms with Crippen molar-refractivity contribution in [3.8, 4) is 28.7 Å². The van der Waals surface area contributed by atoms with Crippen molar-refractivity contribution in [2.45, 2.75) is 31.7 Å². The summed E-state index contributed by atoms with van der Waals surface area (Å²) in [4.78, 5) is 28.6. The summed E-state index contributed by atoms with van der Waals surface area (Å²) in [5.74, 6) is 1.58. The summed E-state index contributed by atoms with van der Waals surface area (Å²) in [5.41, 5.74) is 2.69. The van der Waals surface area contributed by atoms with Crippen molar-refractivity contribution in [3.05, 3.63) is 54.9 Å². The number of rotatable bonds is 5. The molecule has 2 aliphatic rings. The van der Waals surface area contributed by atoms with E-state index in [1.807, 2.05) is 33.7 Å². The zero-order valence-corrected chi connectivity index (χ0v) is 20.5. The van der Waals surface area contributed by atoms with Crippen LogP contribution in [0.15, 0.2) is 59.3 Å². The Bertz CT molecular complexity index is 1690. The Morgan fingerprint density at radius 3 is 2.76 bits per heavy atom. The predicted octanol–water partition coefficient (Wildman–Crippen LogP) is 4.45. The van der Waals surface area contributed by atoms with Crippen molar-refractivity contribution in [1.29, 1.82) is 0 Å². The second-order valence-corrected chi connectivity index (χ2v) is 10.1. The number of aromatic nitrogens is 4. The molecule has 1 amide bonds. The summed E-state index contributed by atoms with van der Waals surface area (Å²) < 4.78 is 7.33. The molecule has 3 aromatic heterocycles. The summed E-state index contributed by atoms with van der Waals surface area (Å²) in [6.45, 7) is 1.44. The molecule has 1 saturated carbocycles. The molecule has 1 saturated heterocycles. The van der Waals surface area contributed by atoms with Crippen LogP contribution in [0.1, 0.15) is 25.7 Å². The van der Waals surface area contributed by atoms with Gasteiger partial charge >= 0.3 is 0 Å². The number of benzene rings is 2. The van der Waals surface area contributed by atoms with Crippen molar-refractivity contribution in [3.63, 3.8) is 0 Å². The lowest BCUT2D eigenvalue weighted by Crippen LogP contribution is -2.45. The highest BCUT2D eigenvalue weighted by Gasteiger charge is 2.35. The molecule has 2 aromatic carbocycles. The fraction of sp³-hybridized carbons (Fsp3) is 0.286. The summed E-state index contributed by atoms with van der Waals surface area (Å²) in [6, 6.07) is 12.4. The molecule has 1 aliphatic carbocycles. The van der Waals surface area contributed by atoms with E-state index in [0.717, 1.165) is 48.8 Å². The third kappa shape index (κ3) is 3.98. The molecule has 10 heteroatoms. The van der Waals surface area contributed by atoms with Crippen LogP contribution in [0.4, 0.5) is 5.95 Å². The van der Waals surface area contributed by atoms with E-state index in [4.69, 9.17) is 14.4 Å². The normalized spacial score (nSPS) is 17.8. The summed E-state index contributed by atoms with van der Waals surface area (Å²) in [7, 11) is 0. The van der Waals surface area contributed by atoms with E-state index < -0.39 is 0 Å². The minimum absolute atomic E-state index is 0.0604. The molecule has 192 valence electrons. The first-order chi connectivity index (χ1) is 18.5. The minimum atomic E-state index is -0.245. The highest BCUT2D eigenvalue weighted by atomic mass is 16.3. The summed E-state index contributed by atoms with van der Waals surface area (Å²) >= 11 is 0. The lowest BCUT2D eigenvalue weighted by molar-refractivity contribution is -0.133. The molecule has 0 radical (unpaired) electrons. The third-order valence-electron chi connectivity index (χ3n) is 7.32. The fourth-order valence-corrected chi connectivity index (χ4v) is 5.24. The molecular formula is C28H26N6O4. The van der Waals surface area contributed by atoms with Crippen molar-refractivity contribution >= 4 is 33.9 Å². The minimum Gasteiger partial charge on any atom is -0.504 e. The number of furan rings is 1. The number of hydrogen-bond donors (Lipinski definition) is 3. The smallest absolute Gasteiger partial charge is 0.225 e. The van der Waals surface area contributed by atoms with Gasteiger partial charge in [0.25, 0.3) is 0 Å². The number of carbonyl (C=O) groups excluding carboxylic acids is 1. The van der Waals surface area contributed by atoms with Crippen molar-refractivity contribution in [2.24, 2.45) is 5.92 Å². The second-order valence-electron chi connectivity index (χ2n) is 10.1. The third-order valence-corrected chi connectivity index (χ3v) is 7.32. The standard InChI is InChI=1S/C28H26N6O4/c35-22-13-20-21(14-23(22)36)34(26(31-20)18-5-6-24-17(12-18)8-11-38-24)25-7-9-29-28(32-25)30-19-2-1-10-33(15-19)27(37)16-3-4-16/h5-9,11-14,16,19,35-36H,1-4,10,15H2,(H,29,30,32)/t19-/m1/s1. The van der Waals surface area contributed by atoms with Gasteiger partial charge in [-0.3, -0.25) is 9.36 Å². The van der Waals surface area contributed by atoms with Crippen LogP contribution < -0.4 is 5.32 Å². The number of nitrogens with one attached hydrogen (secondary N) is 1. The summed E-state index contributed by atoms with van der Waals surface area (Å²) in [5, 5.41) is 24.8. The van der Waals surface area contributed by atoms with Crippen LogP contribution in [0, 0.1) is 5.92 Å². The number of likely N-dealkylation sites (tertiary alicyclic amines) is 1. The number of carbonyl (C=O) groups is 1. The Morgan fingerprint density at radius 2 is 1.89 bits per heavy atom. The molecule has 0 bridgehead atoms. The molecular weight excluding hydrogens is 484 g/mol. The Hall–Kier alpha value is -4.60.